The summed E-state index contributed by atoms with van der Waals surface area (Å²) in [5, 5.41) is 23.1. The molecule has 26 heavy (non-hydrogen) atoms. The van der Waals surface area contributed by atoms with Crippen LogP contribution in [0, 0.1) is 15.5 Å². The summed E-state index contributed by atoms with van der Waals surface area (Å²) in [6, 6.07) is 3.18. The average Bonchev–Trinajstić information content (AvgIpc) is 3.13. The summed E-state index contributed by atoms with van der Waals surface area (Å²) < 4.78 is 5.82. The molecule has 1 amide bonds. The Kier molecular flexibility index (Phi) is 4.95. The Balaban J connectivity index is 1.80. The van der Waals surface area contributed by atoms with Crippen LogP contribution in [0.1, 0.15) is 59.7 Å². The van der Waals surface area contributed by atoms with Gasteiger partial charge in [-0.25, -0.2) is 4.79 Å². The third kappa shape index (κ3) is 3.16. The molecule has 1 aromatic carbocycles. The molecule has 2 aliphatic rings. The molecule has 1 aromatic rings. The maximum absolute atomic E-state index is 12.6. The summed E-state index contributed by atoms with van der Waals surface area (Å²) in [5.74, 6) is -1.79. The monoisotopic (exact) mass is 362 g/mol. The molecule has 0 radical (unpaired) electrons. The van der Waals surface area contributed by atoms with Gasteiger partial charge in [-0.15, -0.1) is 0 Å². The largest absolute Gasteiger partial charge is 0.478 e. The SMILES string of the molecule is CCOC1CC(NC(=O)c2cc(C(=O)O)cc([N+](=O)[O-])c2)C12CCCC2. The van der Waals surface area contributed by atoms with Crippen molar-refractivity contribution < 1.29 is 24.4 Å². The zero-order chi connectivity index (χ0) is 18.9. The molecular formula is C18H22N2O6. The highest BCUT2D eigenvalue weighted by molar-refractivity contribution is 5.98. The van der Waals surface area contributed by atoms with Crippen LogP contribution in [0.2, 0.25) is 0 Å². The van der Waals surface area contributed by atoms with E-state index in [-0.39, 0.29) is 28.7 Å². The number of nitro benzene ring substituents is 1. The second-order valence-electron chi connectivity index (χ2n) is 6.98. The van der Waals surface area contributed by atoms with E-state index < -0.39 is 22.5 Å². The van der Waals surface area contributed by atoms with Crippen molar-refractivity contribution in [1.82, 2.24) is 5.32 Å². The summed E-state index contributed by atoms with van der Waals surface area (Å²) in [6.07, 6.45) is 4.99. The highest BCUT2D eigenvalue weighted by Crippen LogP contribution is 2.54. The molecule has 2 atom stereocenters. The second-order valence-corrected chi connectivity index (χ2v) is 6.98. The van der Waals surface area contributed by atoms with E-state index in [0.717, 1.165) is 37.8 Å². The number of carboxylic acid groups (broad SMARTS) is 1. The predicted molar refractivity (Wildman–Crippen MR) is 92.2 cm³/mol. The molecular weight excluding hydrogens is 340 g/mol. The number of amides is 1. The summed E-state index contributed by atoms with van der Waals surface area (Å²) in [7, 11) is 0. The molecule has 2 saturated carbocycles. The van der Waals surface area contributed by atoms with Crippen LogP contribution in [0.3, 0.4) is 0 Å². The van der Waals surface area contributed by atoms with Gasteiger partial charge in [0.1, 0.15) is 0 Å². The summed E-state index contributed by atoms with van der Waals surface area (Å²) in [6.45, 7) is 2.57. The number of nitrogens with one attached hydrogen (secondary N) is 1. The molecule has 0 aliphatic heterocycles. The lowest BCUT2D eigenvalue weighted by molar-refractivity contribution is -0.384. The number of hydrogen-bond donors (Lipinski definition) is 2. The van der Waals surface area contributed by atoms with E-state index in [4.69, 9.17) is 9.84 Å². The van der Waals surface area contributed by atoms with Gasteiger partial charge < -0.3 is 15.2 Å². The number of nitrogens with zero attached hydrogens (tertiary/aromatic N) is 1. The number of benzene rings is 1. The van der Waals surface area contributed by atoms with Crippen molar-refractivity contribution in [2.45, 2.75) is 51.2 Å². The molecule has 1 spiro atoms. The minimum absolute atomic E-state index is 0.00962. The van der Waals surface area contributed by atoms with Crippen LogP contribution in [0.15, 0.2) is 18.2 Å². The van der Waals surface area contributed by atoms with Gasteiger partial charge in [-0.3, -0.25) is 14.9 Å². The van der Waals surface area contributed by atoms with Crippen molar-refractivity contribution in [3.8, 4) is 0 Å². The van der Waals surface area contributed by atoms with Gasteiger partial charge in [0.05, 0.1) is 16.6 Å². The second kappa shape index (κ2) is 7.03. The minimum Gasteiger partial charge on any atom is -0.478 e. The van der Waals surface area contributed by atoms with Crippen LogP contribution in [-0.2, 0) is 4.74 Å². The lowest BCUT2D eigenvalue weighted by atomic mass is 9.60. The Hall–Kier alpha value is -2.48. The number of ether oxygens (including phenoxy) is 1. The smallest absolute Gasteiger partial charge is 0.335 e. The van der Waals surface area contributed by atoms with E-state index in [1.54, 1.807) is 0 Å². The number of carboxylic acids is 1. The first-order chi connectivity index (χ1) is 12.4. The first-order valence-electron chi connectivity index (χ1n) is 8.82. The van der Waals surface area contributed by atoms with Crippen LogP contribution < -0.4 is 5.32 Å². The van der Waals surface area contributed by atoms with Crippen LogP contribution in [0.25, 0.3) is 0 Å². The van der Waals surface area contributed by atoms with E-state index in [2.05, 4.69) is 5.32 Å². The van der Waals surface area contributed by atoms with Gasteiger partial charge in [-0.05, 0) is 32.3 Å². The van der Waals surface area contributed by atoms with Crippen molar-refractivity contribution in [3.63, 3.8) is 0 Å². The van der Waals surface area contributed by atoms with Crippen molar-refractivity contribution in [3.05, 3.63) is 39.4 Å². The van der Waals surface area contributed by atoms with Crippen LogP contribution in [-0.4, -0.2) is 40.7 Å². The van der Waals surface area contributed by atoms with Crippen molar-refractivity contribution >= 4 is 17.6 Å². The number of non-ortho nitro benzene ring substituents is 1. The zero-order valence-electron chi connectivity index (χ0n) is 14.6. The molecule has 3 rings (SSSR count). The summed E-state index contributed by atoms with van der Waals surface area (Å²) in [4.78, 5) is 34.1. The molecule has 0 heterocycles. The zero-order valence-corrected chi connectivity index (χ0v) is 14.6. The number of carbonyl (C=O) groups excluding carboxylic acids is 1. The number of aromatic carboxylic acids is 1. The molecule has 8 nitrogen and oxygen atoms in total. The van der Waals surface area contributed by atoms with Gasteiger partial charge >= 0.3 is 5.97 Å². The number of nitro groups is 1. The topological polar surface area (TPSA) is 119 Å². The molecule has 2 fully saturated rings. The fourth-order valence-corrected chi connectivity index (χ4v) is 4.30. The first-order valence-corrected chi connectivity index (χ1v) is 8.82. The number of rotatable bonds is 6. The average molecular weight is 362 g/mol. The molecule has 0 bridgehead atoms. The maximum atomic E-state index is 12.6. The van der Waals surface area contributed by atoms with E-state index in [9.17, 15) is 19.7 Å². The fourth-order valence-electron chi connectivity index (χ4n) is 4.30. The van der Waals surface area contributed by atoms with Gasteiger partial charge in [-0.2, -0.15) is 0 Å². The standard InChI is InChI=1S/C18H22N2O6/c1-2-26-15-10-14(18(15)5-3-4-6-18)19-16(21)11-7-12(17(22)23)9-13(8-11)20(24)25/h7-9,14-15H,2-6,10H2,1H3,(H,19,21)(H,22,23). The quantitative estimate of drug-likeness (QED) is 0.593. The van der Waals surface area contributed by atoms with Crippen molar-refractivity contribution in [1.29, 1.82) is 0 Å². The normalized spacial score (nSPS) is 23.4. The third-order valence-corrected chi connectivity index (χ3v) is 5.63. The maximum Gasteiger partial charge on any atom is 0.335 e. The molecule has 0 aromatic heterocycles. The van der Waals surface area contributed by atoms with Crippen molar-refractivity contribution in [2.75, 3.05) is 6.61 Å². The number of hydrogen-bond acceptors (Lipinski definition) is 5. The molecule has 2 unspecified atom stereocenters. The van der Waals surface area contributed by atoms with Gasteiger partial charge in [0.15, 0.2) is 0 Å². The highest BCUT2D eigenvalue weighted by Gasteiger charge is 2.57. The minimum atomic E-state index is -1.31. The van der Waals surface area contributed by atoms with Crippen LogP contribution in [0.5, 0.6) is 0 Å². The number of carbonyl (C=O) groups is 2. The van der Waals surface area contributed by atoms with Crippen LogP contribution in [0.4, 0.5) is 5.69 Å². The Morgan fingerprint density at radius 2 is 1.96 bits per heavy atom. The van der Waals surface area contributed by atoms with Crippen molar-refractivity contribution in [2.24, 2.45) is 5.41 Å². The molecule has 2 N–H and O–H groups in total. The molecule has 0 saturated heterocycles. The Labute approximate surface area is 150 Å². The van der Waals surface area contributed by atoms with Crippen LogP contribution >= 0.6 is 0 Å². The molecule has 2 aliphatic carbocycles. The van der Waals surface area contributed by atoms with Gasteiger partial charge in [-0.1, -0.05) is 12.8 Å². The highest BCUT2D eigenvalue weighted by atomic mass is 16.6. The van der Waals surface area contributed by atoms with Gasteiger partial charge in [0, 0.05) is 35.8 Å². The van der Waals surface area contributed by atoms with Gasteiger partial charge in [0.25, 0.3) is 11.6 Å². The summed E-state index contributed by atoms with van der Waals surface area (Å²) >= 11 is 0. The van der Waals surface area contributed by atoms with E-state index in [1.807, 2.05) is 6.92 Å². The van der Waals surface area contributed by atoms with E-state index in [0.29, 0.717) is 13.0 Å². The molecule has 140 valence electrons. The summed E-state index contributed by atoms with van der Waals surface area (Å²) in [5.41, 5.74) is -0.765. The van der Waals surface area contributed by atoms with Gasteiger partial charge in [0.2, 0.25) is 0 Å². The first kappa shape index (κ1) is 18.3. The fraction of sp³-hybridized carbons (Fsp3) is 0.556. The Morgan fingerprint density at radius 3 is 2.54 bits per heavy atom. The lowest BCUT2D eigenvalue weighted by Gasteiger charge is -2.54. The molecule has 8 heteroatoms. The Morgan fingerprint density at radius 1 is 1.31 bits per heavy atom. The Bertz CT molecular complexity index is 709. The van der Waals surface area contributed by atoms with E-state index in [1.165, 1.54) is 6.07 Å². The lowest BCUT2D eigenvalue weighted by Crippen LogP contribution is -2.63. The predicted octanol–water partition coefficient (Wildman–Crippen LogP) is 2.76. The third-order valence-electron chi connectivity index (χ3n) is 5.63. The van der Waals surface area contributed by atoms with E-state index >= 15 is 0 Å².